The molecule has 0 heterocycles. The number of anilines is 1. The van der Waals surface area contributed by atoms with Crippen molar-refractivity contribution in [3.8, 4) is 11.5 Å². The van der Waals surface area contributed by atoms with E-state index in [2.05, 4.69) is 10.6 Å². The summed E-state index contributed by atoms with van der Waals surface area (Å²) in [6.45, 7) is 2.00. The lowest BCUT2D eigenvalue weighted by atomic mass is 10.1. The number of urea groups is 1. The van der Waals surface area contributed by atoms with E-state index in [0.29, 0.717) is 5.75 Å². The summed E-state index contributed by atoms with van der Waals surface area (Å²) < 4.78 is 15.3. The second-order valence-electron chi connectivity index (χ2n) is 4.85. The number of carbonyl (C=O) groups excluding carboxylic acids is 2. The average Bonchev–Trinajstić information content (AvgIpc) is 2.57. The quantitative estimate of drug-likeness (QED) is 0.457. The SMILES string of the molecule is CCOC(=O)c1c(NC(=O)NCCCC(=O)O)cc(OC)cc1OC. The molecule has 0 saturated carbocycles. The van der Waals surface area contributed by atoms with E-state index < -0.39 is 18.0 Å². The van der Waals surface area contributed by atoms with Crippen molar-refractivity contribution in [3.63, 3.8) is 0 Å². The Labute approximate surface area is 145 Å². The summed E-state index contributed by atoms with van der Waals surface area (Å²) >= 11 is 0. The third kappa shape index (κ3) is 6.21. The summed E-state index contributed by atoms with van der Waals surface area (Å²) in [5.74, 6) is -1.02. The van der Waals surface area contributed by atoms with Crippen LogP contribution in [0.3, 0.4) is 0 Å². The summed E-state index contributed by atoms with van der Waals surface area (Å²) in [5, 5.41) is 13.6. The number of hydrogen-bond donors (Lipinski definition) is 3. The van der Waals surface area contributed by atoms with Crippen molar-refractivity contribution in [1.29, 1.82) is 0 Å². The summed E-state index contributed by atoms with van der Waals surface area (Å²) in [6, 6.07) is 2.37. The molecule has 2 amide bonds. The fourth-order valence-electron chi connectivity index (χ4n) is 1.99. The normalized spacial score (nSPS) is 9.88. The van der Waals surface area contributed by atoms with Crippen LogP contribution in [-0.2, 0) is 9.53 Å². The third-order valence-corrected chi connectivity index (χ3v) is 3.11. The Morgan fingerprint density at radius 3 is 2.44 bits per heavy atom. The van der Waals surface area contributed by atoms with E-state index in [1.807, 2.05) is 0 Å². The number of carboxylic acid groups (broad SMARTS) is 1. The zero-order valence-electron chi connectivity index (χ0n) is 14.4. The predicted molar refractivity (Wildman–Crippen MR) is 89.4 cm³/mol. The molecule has 0 radical (unpaired) electrons. The molecular formula is C16H22N2O7. The van der Waals surface area contributed by atoms with Crippen molar-refractivity contribution in [3.05, 3.63) is 17.7 Å². The first-order chi connectivity index (χ1) is 11.9. The van der Waals surface area contributed by atoms with Crippen molar-refractivity contribution in [2.24, 2.45) is 0 Å². The van der Waals surface area contributed by atoms with Crippen molar-refractivity contribution >= 4 is 23.7 Å². The minimum atomic E-state index is -0.940. The molecule has 1 aromatic rings. The summed E-state index contributed by atoms with van der Waals surface area (Å²) in [5.41, 5.74) is 0.219. The number of carbonyl (C=O) groups is 3. The van der Waals surface area contributed by atoms with Gasteiger partial charge >= 0.3 is 18.0 Å². The number of rotatable bonds is 9. The highest BCUT2D eigenvalue weighted by Crippen LogP contribution is 2.33. The molecule has 1 aromatic carbocycles. The highest BCUT2D eigenvalue weighted by molar-refractivity contribution is 6.03. The molecule has 0 saturated heterocycles. The largest absolute Gasteiger partial charge is 0.497 e. The van der Waals surface area contributed by atoms with Crippen LogP contribution in [0.4, 0.5) is 10.5 Å². The van der Waals surface area contributed by atoms with Crippen LogP contribution in [0.1, 0.15) is 30.1 Å². The Morgan fingerprint density at radius 1 is 1.16 bits per heavy atom. The zero-order chi connectivity index (χ0) is 18.8. The van der Waals surface area contributed by atoms with E-state index in [1.54, 1.807) is 6.92 Å². The summed E-state index contributed by atoms with van der Waals surface area (Å²) in [4.78, 5) is 34.6. The first-order valence-corrected chi connectivity index (χ1v) is 7.62. The molecular weight excluding hydrogens is 332 g/mol. The van der Waals surface area contributed by atoms with Crippen LogP contribution in [0.5, 0.6) is 11.5 Å². The van der Waals surface area contributed by atoms with Gasteiger partial charge in [-0.25, -0.2) is 9.59 Å². The van der Waals surface area contributed by atoms with Crippen LogP contribution in [0.2, 0.25) is 0 Å². The van der Waals surface area contributed by atoms with Crippen molar-refractivity contribution < 1.29 is 33.7 Å². The maximum atomic E-state index is 12.2. The maximum absolute atomic E-state index is 12.2. The van der Waals surface area contributed by atoms with E-state index in [9.17, 15) is 14.4 Å². The molecule has 0 aliphatic heterocycles. The topological polar surface area (TPSA) is 123 Å². The Morgan fingerprint density at radius 2 is 1.88 bits per heavy atom. The van der Waals surface area contributed by atoms with Crippen LogP contribution in [0.15, 0.2) is 12.1 Å². The fraction of sp³-hybridized carbons (Fsp3) is 0.438. The second kappa shape index (κ2) is 10.0. The van der Waals surface area contributed by atoms with E-state index in [0.717, 1.165) is 0 Å². The average molecular weight is 354 g/mol. The van der Waals surface area contributed by atoms with Crippen LogP contribution >= 0.6 is 0 Å². The highest BCUT2D eigenvalue weighted by Gasteiger charge is 2.22. The van der Waals surface area contributed by atoms with Gasteiger partial charge in [-0.05, 0) is 13.3 Å². The number of methoxy groups -OCH3 is 2. The van der Waals surface area contributed by atoms with Gasteiger partial charge in [-0.2, -0.15) is 0 Å². The molecule has 0 atom stereocenters. The smallest absolute Gasteiger partial charge is 0.344 e. The van der Waals surface area contributed by atoms with Crippen molar-refractivity contribution in [1.82, 2.24) is 5.32 Å². The number of nitrogens with one attached hydrogen (secondary N) is 2. The number of hydrogen-bond acceptors (Lipinski definition) is 6. The Balaban J connectivity index is 2.96. The van der Waals surface area contributed by atoms with Gasteiger partial charge in [0.25, 0.3) is 0 Å². The first kappa shape index (κ1) is 20.1. The van der Waals surface area contributed by atoms with E-state index >= 15 is 0 Å². The fourth-order valence-corrected chi connectivity index (χ4v) is 1.99. The minimum absolute atomic E-state index is 0.0542. The van der Waals surface area contributed by atoms with Crippen LogP contribution < -0.4 is 20.1 Å². The molecule has 0 fully saturated rings. The molecule has 138 valence electrons. The predicted octanol–water partition coefficient (Wildman–Crippen LogP) is 1.87. The molecule has 1 rings (SSSR count). The molecule has 0 unspecified atom stereocenters. The van der Waals surface area contributed by atoms with Crippen LogP contribution in [0, 0.1) is 0 Å². The molecule has 25 heavy (non-hydrogen) atoms. The van der Waals surface area contributed by atoms with Crippen LogP contribution in [0.25, 0.3) is 0 Å². The lowest BCUT2D eigenvalue weighted by Crippen LogP contribution is -2.30. The zero-order valence-corrected chi connectivity index (χ0v) is 14.4. The molecule has 0 aliphatic rings. The van der Waals surface area contributed by atoms with Gasteiger partial charge in [-0.3, -0.25) is 4.79 Å². The summed E-state index contributed by atoms with van der Waals surface area (Å²) in [6.07, 6.45) is 0.232. The maximum Gasteiger partial charge on any atom is 0.344 e. The van der Waals surface area contributed by atoms with Gasteiger partial charge in [0.1, 0.15) is 17.1 Å². The Kier molecular flexibility index (Phi) is 8.04. The summed E-state index contributed by atoms with van der Waals surface area (Å²) in [7, 11) is 2.82. The number of ether oxygens (including phenoxy) is 3. The number of benzene rings is 1. The number of esters is 1. The van der Waals surface area contributed by atoms with Crippen molar-refractivity contribution in [2.45, 2.75) is 19.8 Å². The Hall–Kier alpha value is -2.97. The first-order valence-electron chi connectivity index (χ1n) is 7.62. The van der Waals surface area contributed by atoms with Gasteiger partial charge in [-0.1, -0.05) is 0 Å². The molecule has 0 spiro atoms. The number of amides is 2. The molecule has 9 heteroatoms. The lowest BCUT2D eigenvalue weighted by Gasteiger charge is -2.16. The standard InChI is InChI=1S/C16H22N2O7/c1-4-25-15(21)14-11(8-10(23-2)9-12(14)24-3)18-16(22)17-7-5-6-13(19)20/h8-9H,4-7H2,1-3H3,(H,19,20)(H2,17,18,22). The van der Waals surface area contributed by atoms with Gasteiger partial charge in [-0.15, -0.1) is 0 Å². The molecule has 0 aliphatic carbocycles. The number of carboxylic acids is 1. The molecule has 0 aromatic heterocycles. The van der Waals surface area contributed by atoms with Crippen molar-refractivity contribution in [2.75, 3.05) is 32.7 Å². The van der Waals surface area contributed by atoms with Gasteiger partial charge < -0.3 is 30.0 Å². The monoisotopic (exact) mass is 354 g/mol. The van der Waals surface area contributed by atoms with E-state index in [-0.39, 0.29) is 43.0 Å². The Bertz CT molecular complexity index is 631. The van der Waals surface area contributed by atoms with Gasteiger partial charge in [0.15, 0.2) is 0 Å². The van der Waals surface area contributed by atoms with Crippen LogP contribution in [-0.4, -0.2) is 50.4 Å². The molecule has 3 N–H and O–H groups in total. The van der Waals surface area contributed by atoms with E-state index in [4.69, 9.17) is 19.3 Å². The van der Waals surface area contributed by atoms with Gasteiger partial charge in [0, 0.05) is 25.1 Å². The van der Waals surface area contributed by atoms with E-state index in [1.165, 1.54) is 26.4 Å². The molecule has 9 nitrogen and oxygen atoms in total. The second-order valence-corrected chi connectivity index (χ2v) is 4.85. The third-order valence-electron chi connectivity index (χ3n) is 3.11. The minimum Gasteiger partial charge on any atom is -0.497 e. The van der Waals surface area contributed by atoms with Gasteiger partial charge in [0.2, 0.25) is 0 Å². The highest BCUT2D eigenvalue weighted by atomic mass is 16.5. The molecule has 0 bridgehead atoms. The van der Waals surface area contributed by atoms with Gasteiger partial charge in [0.05, 0.1) is 26.5 Å². The number of aliphatic carboxylic acids is 1. The lowest BCUT2D eigenvalue weighted by molar-refractivity contribution is -0.137.